The highest BCUT2D eigenvalue weighted by molar-refractivity contribution is 9.10. The predicted octanol–water partition coefficient (Wildman–Crippen LogP) is 4.21. The normalized spacial score (nSPS) is 11.1. The van der Waals surface area contributed by atoms with E-state index in [1.807, 2.05) is 36.4 Å². The van der Waals surface area contributed by atoms with Gasteiger partial charge in [0.2, 0.25) is 0 Å². The van der Waals surface area contributed by atoms with Crippen LogP contribution in [0.25, 0.3) is 11.3 Å². The van der Waals surface area contributed by atoms with E-state index in [4.69, 9.17) is 4.42 Å². The molecule has 17 heavy (non-hydrogen) atoms. The summed E-state index contributed by atoms with van der Waals surface area (Å²) < 4.78 is 6.86. The maximum absolute atomic E-state index is 5.81. The molecular weight excluding hydrogens is 278 g/mol. The van der Waals surface area contributed by atoms with Crippen molar-refractivity contribution in [2.75, 3.05) is 0 Å². The quantitative estimate of drug-likeness (QED) is 0.914. The van der Waals surface area contributed by atoms with Crippen molar-refractivity contribution in [1.29, 1.82) is 0 Å². The van der Waals surface area contributed by atoms with Gasteiger partial charge in [-0.15, -0.1) is 0 Å². The van der Waals surface area contributed by atoms with Crippen molar-refractivity contribution in [3.05, 3.63) is 46.6 Å². The van der Waals surface area contributed by atoms with Gasteiger partial charge in [-0.25, -0.2) is 0 Å². The smallest absolute Gasteiger partial charge is 0.135 e. The van der Waals surface area contributed by atoms with Crippen LogP contribution in [0.1, 0.15) is 19.6 Å². The molecule has 1 aromatic carbocycles. The molecule has 0 amide bonds. The van der Waals surface area contributed by atoms with E-state index in [0.29, 0.717) is 6.04 Å². The standard InChI is InChI=1S/C14H16BrNO/c1-10(2)16-9-11-7-8-14(17-11)12-5-3-4-6-13(12)15/h3-8,10,16H,9H2,1-2H3. The molecule has 0 saturated heterocycles. The number of furan rings is 1. The predicted molar refractivity (Wildman–Crippen MR) is 73.8 cm³/mol. The molecule has 0 atom stereocenters. The Hall–Kier alpha value is -1.06. The van der Waals surface area contributed by atoms with Crippen molar-refractivity contribution < 1.29 is 4.42 Å². The molecule has 1 N–H and O–H groups in total. The van der Waals surface area contributed by atoms with Gasteiger partial charge < -0.3 is 9.73 Å². The van der Waals surface area contributed by atoms with Gasteiger partial charge in [0.05, 0.1) is 6.54 Å². The fraction of sp³-hybridized carbons (Fsp3) is 0.286. The average molecular weight is 294 g/mol. The van der Waals surface area contributed by atoms with Crippen LogP contribution in [0.5, 0.6) is 0 Å². The molecule has 90 valence electrons. The number of hydrogen-bond donors (Lipinski definition) is 1. The summed E-state index contributed by atoms with van der Waals surface area (Å²) in [7, 11) is 0. The van der Waals surface area contributed by atoms with Gasteiger partial charge in [0.25, 0.3) is 0 Å². The molecule has 0 aliphatic rings. The van der Waals surface area contributed by atoms with Crippen molar-refractivity contribution in [3.8, 4) is 11.3 Å². The van der Waals surface area contributed by atoms with Crippen LogP contribution in [0.15, 0.2) is 45.3 Å². The number of rotatable bonds is 4. The molecule has 0 bridgehead atoms. The van der Waals surface area contributed by atoms with Gasteiger partial charge in [-0.1, -0.05) is 48.0 Å². The molecule has 0 unspecified atom stereocenters. The van der Waals surface area contributed by atoms with E-state index in [1.165, 1.54) is 0 Å². The molecule has 0 aliphatic heterocycles. The zero-order valence-corrected chi connectivity index (χ0v) is 11.6. The Kier molecular flexibility index (Phi) is 4.02. The van der Waals surface area contributed by atoms with E-state index in [9.17, 15) is 0 Å². The first-order chi connectivity index (χ1) is 8.16. The van der Waals surface area contributed by atoms with Crippen molar-refractivity contribution in [2.24, 2.45) is 0 Å². The summed E-state index contributed by atoms with van der Waals surface area (Å²) in [5.74, 6) is 1.86. The van der Waals surface area contributed by atoms with Crippen molar-refractivity contribution in [2.45, 2.75) is 26.4 Å². The van der Waals surface area contributed by atoms with Crippen LogP contribution < -0.4 is 5.32 Å². The third kappa shape index (κ3) is 3.20. The summed E-state index contributed by atoms with van der Waals surface area (Å²) in [6.07, 6.45) is 0. The molecule has 3 heteroatoms. The summed E-state index contributed by atoms with van der Waals surface area (Å²) >= 11 is 3.53. The molecule has 2 aromatic rings. The zero-order valence-electron chi connectivity index (χ0n) is 10.0. The lowest BCUT2D eigenvalue weighted by Crippen LogP contribution is -2.21. The minimum Gasteiger partial charge on any atom is -0.460 e. The average Bonchev–Trinajstić information content (AvgIpc) is 2.75. The van der Waals surface area contributed by atoms with Gasteiger partial charge in [-0.3, -0.25) is 0 Å². The molecule has 0 spiro atoms. The molecule has 0 aliphatic carbocycles. The largest absolute Gasteiger partial charge is 0.460 e. The van der Waals surface area contributed by atoms with Gasteiger partial charge in [-0.2, -0.15) is 0 Å². The van der Waals surface area contributed by atoms with Crippen LogP contribution in [-0.4, -0.2) is 6.04 Å². The monoisotopic (exact) mass is 293 g/mol. The Bertz CT molecular complexity index is 490. The molecule has 2 rings (SSSR count). The Morgan fingerprint density at radius 1 is 1.18 bits per heavy atom. The van der Waals surface area contributed by atoms with Crippen molar-refractivity contribution in [3.63, 3.8) is 0 Å². The molecule has 0 fully saturated rings. The van der Waals surface area contributed by atoms with Crippen LogP contribution in [0.2, 0.25) is 0 Å². The summed E-state index contributed by atoms with van der Waals surface area (Å²) in [6.45, 7) is 5.01. The fourth-order valence-electron chi connectivity index (χ4n) is 1.58. The lowest BCUT2D eigenvalue weighted by atomic mass is 10.2. The summed E-state index contributed by atoms with van der Waals surface area (Å²) in [6, 6.07) is 12.6. The maximum Gasteiger partial charge on any atom is 0.135 e. The van der Waals surface area contributed by atoms with E-state index < -0.39 is 0 Å². The third-order valence-electron chi connectivity index (χ3n) is 2.49. The van der Waals surface area contributed by atoms with E-state index >= 15 is 0 Å². The Balaban J connectivity index is 2.16. The molecular formula is C14H16BrNO. The molecule has 2 nitrogen and oxygen atoms in total. The zero-order chi connectivity index (χ0) is 12.3. The van der Waals surface area contributed by atoms with E-state index in [0.717, 1.165) is 28.1 Å². The van der Waals surface area contributed by atoms with Crippen LogP contribution >= 0.6 is 15.9 Å². The molecule has 0 saturated carbocycles. The lowest BCUT2D eigenvalue weighted by Gasteiger charge is -2.05. The van der Waals surface area contributed by atoms with Crippen LogP contribution in [0.3, 0.4) is 0 Å². The number of nitrogens with one attached hydrogen (secondary N) is 1. The van der Waals surface area contributed by atoms with E-state index in [2.05, 4.69) is 35.1 Å². The van der Waals surface area contributed by atoms with Gasteiger partial charge in [0, 0.05) is 16.1 Å². The summed E-state index contributed by atoms with van der Waals surface area (Å²) in [5.41, 5.74) is 1.09. The van der Waals surface area contributed by atoms with Crippen LogP contribution in [0.4, 0.5) is 0 Å². The second-order valence-corrected chi connectivity index (χ2v) is 5.14. The number of benzene rings is 1. The minimum absolute atomic E-state index is 0.465. The molecule has 1 aromatic heterocycles. The van der Waals surface area contributed by atoms with Gasteiger partial charge in [0.1, 0.15) is 11.5 Å². The fourth-order valence-corrected chi connectivity index (χ4v) is 2.06. The summed E-state index contributed by atoms with van der Waals surface area (Å²) in [5, 5.41) is 3.34. The summed E-state index contributed by atoms with van der Waals surface area (Å²) in [4.78, 5) is 0. The number of halogens is 1. The highest BCUT2D eigenvalue weighted by atomic mass is 79.9. The Morgan fingerprint density at radius 2 is 1.94 bits per heavy atom. The van der Waals surface area contributed by atoms with Gasteiger partial charge in [-0.05, 0) is 18.2 Å². The van der Waals surface area contributed by atoms with Crippen LogP contribution in [0, 0.1) is 0 Å². The second kappa shape index (κ2) is 5.52. The minimum atomic E-state index is 0.465. The highest BCUT2D eigenvalue weighted by Gasteiger charge is 2.07. The lowest BCUT2D eigenvalue weighted by molar-refractivity contribution is 0.473. The van der Waals surface area contributed by atoms with Gasteiger partial charge in [0.15, 0.2) is 0 Å². The van der Waals surface area contributed by atoms with E-state index in [-0.39, 0.29) is 0 Å². The maximum atomic E-state index is 5.81. The molecule has 0 radical (unpaired) electrons. The SMILES string of the molecule is CC(C)NCc1ccc(-c2ccccc2Br)o1. The Labute approximate surface area is 110 Å². The Morgan fingerprint density at radius 3 is 2.65 bits per heavy atom. The first kappa shape index (κ1) is 12.4. The first-order valence-corrected chi connectivity index (χ1v) is 6.53. The van der Waals surface area contributed by atoms with E-state index in [1.54, 1.807) is 0 Å². The van der Waals surface area contributed by atoms with Crippen molar-refractivity contribution in [1.82, 2.24) is 5.32 Å². The third-order valence-corrected chi connectivity index (χ3v) is 3.18. The topological polar surface area (TPSA) is 25.2 Å². The first-order valence-electron chi connectivity index (χ1n) is 5.74. The number of hydrogen-bond acceptors (Lipinski definition) is 2. The molecule has 1 heterocycles. The van der Waals surface area contributed by atoms with Gasteiger partial charge >= 0.3 is 0 Å². The second-order valence-electron chi connectivity index (χ2n) is 4.28. The van der Waals surface area contributed by atoms with Crippen LogP contribution in [-0.2, 0) is 6.54 Å². The highest BCUT2D eigenvalue weighted by Crippen LogP contribution is 2.29. The van der Waals surface area contributed by atoms with Crippen molar-refractivity contribution >= 4 is 15.9 Å².